The number of carbonyl (C=O) groups is 1. The molecular formula is C11H15NO4S. The summed E-state index contributed by atoms with van der Waals surface area (Å²) in [5.41, 5.74) is 0.951. The summed E-state index contributed by atoms with van der Waals surface area (Å²) in [5, 5.41) is 8.67. The number of nitrogens with zero attached hydrogens (tertiary/aromatic N) is 1. The number of carboxylic acids is 1. The molecule has 1 aromatic heterocycles. The molecule has 5 nitrogen and oxygen atoms in total. The molecule has 0 spiro atoms. The van der Waals surface area contributed by atoms with Gasteiger partial charge in [-0.15, -0.1) is 0 Å². The van der Waals surface area contributed by atoms with Crippen LogP contribution in [-0.4, -0.2) is 21.7 Å². The third kappa shape index (κ3) is 2.42. The maximum Gasteiger partial charge on any atom is 0.307 e. The molecule has 0 bridgehead atoms. The summed E-state index contributed by atoms with van der Waals surface area (Å²) in [4.78, 5) is 23.2. The van der Waals surface area contributed by atoms with Crippen LogP contribution in [0, 0.1) is 0 Å². The van der Waals surface area contributed by atoms with Gasteiger partial charge in [-0.1, -0.05) is 11.3 Å². The first kappa shape index (κ1) is 12.3. The highest BCUT2D eigenvalue weighted by molar-refractivity contribution is 7.09. The smallest absolute Gasteiger partial charge is 0.307 e. The number of ether oxygens (including phenoxy) is 1. The van der Waals surface area contributed by atoms with Crippen LogP contribution < -0.4 is 4.87 Å². The van der Waals surface area contributed by atoms with Gasteiger partial charge in [-0.2, -0.15) is 0 Å². The summed E-state index contributed by atoms with van der Waals surface area (Å²) in [6.45, 7) is 4.13. The lowest BCUT2D eigenvalue weighted by molar-refractivity contribution is -0.137. The molecule has 1 aliphatic heterocycles. The molecule has 0 fully saturated rings. The van der Waals surface area contributed by atoms with Crippen molar-refractivity contribution < 1.29 is 14.6 Å². The number of hydrogen-bond donors (Lipinski definition) is 1. The second kappa shape index (κ2) is 4.62. The molecule has 0 saturated carbocycles. The molecule has 94 valence electrons. The Morgan fingerprint density at radius 2 is 2.29 bits per heavy atom. The van der Waals surface area contributed by atoms with E-state index in [0.717, 1.165) is 10.6 Å². The van der Waals surface area contributed by atoms with E-state index in [4.69, 9.17) is 9.84 Å². The van der Waals surface area contributed by atoms with E-state index in [-0.39, 0.29) is 30.0 Å². The van der Waals surface area contributed by atoms with Gasteiger partial charge < -0.3 is 14.4 Å². The Balaban J connectivity index is 2.33. The molecule has 17 heavy (non-hydrogen) atoms. The highest BCUT2D eigenvalue weighted by Crippen LogP contribution is 2.31. The number of rotatable bonds is 3. The number of fused-ring (bicyclic) bond motifs is 1. The molecule has 2 rings (SSSR count). The number of thiazole rings is 1. The van der Waals surface area contributed by atoms with E-state index in [1.54, 1.807) is 4.57 Å². The number of hydrogen-bond acceptors (Lipinski definition) is 4. The third-order valence-corrected chi connectivity index (χ3v) is 4.05. The van der Waals surface area contributed by atoms with E-state index in [1.807, 2.05) is 13.8 Å². The lowest BCUT2D eigenvalue weighted by atomic mass is 10.1. The maximum atomic E-state index is 11.8. The van der Waals surface area contributed by atoms with Gasteiger partial charge in [0.15, 0.2) is 0 Å². The monoisotopic (exact) mass is 257 g/mol. The molecular weight excluding hydrogens is 242 g/mol. The number of aliphatic carboxylic acids is 1. The van der Waals surface area contributed by atoms with Crippen LogP contribution in [0.15, 0.2) is 4.79 Å². The van der Waals surface area contributed by atoms with Crippen molar-refractivity contribution >= 4 is 17.3 Å². The molecule has 0 radical (unpaired) electrons. The summed E-state index contributed by atoms with van der Waals surface area (Å²) in [6, 6.07) is 0. The molecule has 1 aromatic rings. The zero-order valence-electron chi connectivity index (χ0n) is 9.80. The van der Waals surface area contributed by atoms with Gasteiger partial charge in [0, 0.05) is 18.7 Å². The van der Waals surface area contributed by atoms with E-state index < -0.39 is 5.97 Å². The van der Waals surface area contributed by atoms with Gasteiger partial charge in [0.25, 0.3) is 0 Å². The molecule has 0 amide bonds. The molecule has 0 aliphatic carbocycles. The summed E-state index contributed by atoms with van der Waals surface area (Å²) in [7, 11) is 0. The maximum absolute atomic E-state index is 11.8. The molecule has 0 aromatic carbocycles. The van der Waals surface area contributed by atoms with Crippen molar-refractivity contribution in [2.75, 3.05) is 0 Å². The van der Waals surface area contributed by atoms with Crippen molar-refractivity contribution in [1.82, 2.24) is 4.57 Å². The van der Waals surface area contributed by atoms with Gasteiger partial charge in [-0.3, -0.25) is 9.59 Å². The van der Waals surface area contributed by atoms with Gasteiger partial charge >= 0.3 is 10.8 Å². The van der Waals surface area contributed by atoms with Crippen molar-refractivity contribution in [1.29, 1.82) is 0 Å². The number of carboxylic acid groups (broad SMARTS) is 1. The Kier molecular flexibility index (Phi) is 3.35. The minimum Gasteiger partial charge on any atom is -0.481 e. The van der Waals surface area contributed by atoms with Crippen LogP contribution >= 0.6 is 11.3 Å². The third-order valence-electron chi connectivity index (χ3n) is 2.86. The fourth-order valence-electron chi connectivity index (χ4n) is 2.14. The molecule has 0 saturated heterocycles. The van der Waals surface area contributed by atoms with Crippen molar-refractivity contribution in [3.8, 4) is 0 Å². The Hall–Kier alpha value is -1.14. The number of aromatic nitrogens is 1. The van der Waals surface area contributed by atoms with E-state index in [1.165, 1.54) is 11.3 Å². The lowest BCUT2D eigenvalue weighted by Gasteiger charge is -2.25. The molecule has 2 unspecified atom stereocenters. The average Bonchev–Trinajstić information content (AvgIpc) is 2.52. The zero-order chi connectivity index (χ0) is 12.6. The van der Waals surface area contributed by atoms with Crippen LogP contribution in [0.4, 0.5) is 0 Å². The van der Waals surface area contributed by atoms with E-state index in [2.05, 4.69) is 0 Å². The van der Waals surface area contributed by atoms with Crippen molar-refractivity contribution in [3.05, 3.63) is 20.2 Å². The lowest BCUT2D eigenvalue weighted by Crippen LogP contribution is -2.26. The second-order valence-corrected chi connectivity index (χ2v) is 5.26. The first-order chi connectivity index (χ1) is 7.99. The molecule has 2 atom stereocenters. The Bertz CT molecular complexity index is 490. The Morgan fingerprint density at radius 3 is 2.94 bits per heavy atom. The highest BCUT2D eigenvalue weighted by atomic mass is 32.1. The van der Waals surface area contributed by atoms with E-state index in [0.29, 0.717) is 6.42 Å². The molecule has 1 aliphatic rings. The average molecular weight is 257 g/mol. The summed E-state index contributed by atoms with van der Waals surface area (Å²) in [5.74, 6) is -0.884. The van der Waals surface area contributed by atoms with Crippen LogP contribution in [0.3, 0.4) is 0 Å². The quantitative estimate of drug-likeness (QED) is 0.888. The Morgan fingerprint density at radius 1 is 1.59 bits per heavy atom. The standard InChI is InChI=1S/C11H15NO4S/c1-6-5-8-10(7(2)16-6)17-11(15)12(8)4-3-9(13)14/h6-7H,3-5H2,1-2H3,(H,13,14). The van der Waals surface area contributed by atoms with Crippen LogP contribution in [0.1, 0.15) is 36.9 Å². The van der Waals surface area contributed by atoms with Crippen molar-refractivity contribution in [2.45, 2.75) is 45.4 Å². The highest BCUT2D eigenvalue weighted by Gasteiger charge is 2.27. The van der Waals surface area contributed by atoms with Crippen LogP contribution in [-0.2, 0) is 22.5 Å². The summed E-state index contributed by atoms with van der Waals surface area (Å²) in [6.07, 6.45) is 0.658. The van der Waals surface area contributed by atoms with Gasteiger partial charge in [-0.05, 0) is 13.8 Å². The minimum atomic E-state index is -0.884. The van der Waals surface area contributed by atoms with Crippen LogP contribution in [0.25, 0.3) is 0 Å². The fraction of sp³-hybridized carbons (Fsp3) is 0.636. The van der Waals surface area contributed by atoms with Gasteiger partial charge in [0.1, 0.15) is 0 Å². The second-order valence-electron chi connectivity index (χ2n) is 4.27. The van der Waals surface area contributed by atoms with Gasteiger partial charge in [0.05, 0.1) is 23.5 Å². The van der Waals surface area contributed by atoms with Crippen LogP contribution in [0.5, 0.6) is 0 Å². The van der Waals surface area contributed by atoms with Gasteiger partial charge in [0.2, 0.25) is 0 Å². The van der Waals surface area contributed by atoms with Crippen LogP contribution in [0.2, 0.25) is 0 Å². The molecule has 2 heterocycles. The van der Waals surface area contributed by atoms with E-state index >= 15 is 0 Å². The largest absolute Gasteiger partial charge is 0.481 e. The topological polar surface area (TPSA) is 68.5 Å². The predicted octanol–water partition coefficient (Wildman–Crippen LogP) is 1.41. The van der Waals surface area contributed by atoms with Crippen molar-refractivity contribution in [3.63, 3.8) is 0 Å². The van der Waals surface area contributed by atoms with Gasteiger partial charge in [-0.25, -0.2) is 0 Å². The zero-order valence-corrected chi connectivity index (χ0v) is 10.6. The van der Waals surface area contributed by atoms with Crippen molar-refractivity contribution in [2.24, 2.45) is 0 Å². The molecule has 1 N–H and O–H groups in total. The fourth-order valence-corrected chi connectivity index (χ4v) is 3.18. The van der Waals surface area contributed by atoms with E-state index in [9.17, 15) is 9.59 Å². The minimum absolute atomic E-state index is 0.0211. The summed E-state index contributed by atoms with van der Waals surface area (Å²) < 4.78 is 7.24. The first-order valence-electron chi connectivity index (χ1n) is 5.58. The molecule has 6 heteroatoms. The first-order valence-corrected chi connectivity index (χ1v) is 6.40. The summed E-state index contributed by atoms with van der Waals surface area (Å²) >= 11 is 1.17. The normalized spacial score (nSPS) is 23.4. The SMILES string of the molecule is CC1Cc2c(sc(=O)n2CCC(=O)O)C(C)O1. The predicted molar refractivity (Wildman–Crippen MR) is 63.5 cm³/mol. The Labute approximate surface area is 103 Å².